The van der Waals surface area contributed by atoms with Gasteiger partial charge in [0.2, 0.25) is 0 Å². The van der Waals surface area contributed by atoms with Gasteiger partial charge in [-0.05, 0) is 83.5 Å². The fourth-order valence-corrected chi connectivity index (χ4v) is 6.81. The number of hydrogen-bond acceptors (Lipinski definition) is 2. The molecule has 9 rings (SSSR count). The minimum atomic E-state index is 0. The second-order valence-electron chi connectivity index (χ2n) is 12.0. The molecule has 7 aromatic rings. The van der Waals surface area contributed by atoms with Gasteiger partial charge in [-0.25, -0.2) is 9.97 Å². The van der Waals surface area contributed by atoms with Crippen molar-refractivity contribution < 1.29 is 18.6 Å². The predicted molar refractivity (Wildman–Crippen MR) is 200 cm³/mol. The third-order valence-electron chi connectivity index (χ3n) is 8.87. The zero-order chi connectivity index (χ0) is 31.9. The Morgan fingerprint density at radius 1 is 0.429 bits per heavy atom. The molecule has 0 aliphatic carbocycles. The van der Waals surface area contributed by atoms with E-state index in [1.165, 1.54) is 0 Å². The van der Waals surface area contributed by atoms with E-state index in [0.717, 1.165) is 83.9 Å². The Morgan fingerprint density at radius 2 is 0.898 bits per heavy atom. The van der Waals surface area contributed by atoms with Crippen LogP contribution in [0.4, 0.5) is 0 Å². The van der Waals surface area contributed by atoms with Gasteiger partial charge in [-0.1, -0.05) is 109 Å². The molecule has 8 bridgehead atoms. The molecule has 3 aromatic heterocycles. The van der Waals surface area contributed by atoms with E-state index in [0.29, 0.717) is 0 Å². The molecule has 0 unspecified atom stereocenters. The van der Waals surface area contributed by atoms with Gasteiger partial charge in [-0.2, -0.15) is 0 Å². The van der Waals surface area contributed by atoms with Gasteiger partial charge in [0.05, 0.1) is 33.8 Å². The van der Waals surface area contributed by atoms with Crippen molar-refractivity contribution in [2.45, 2.75) is 0 Å². The number of H-pyrrole nitrogens is 1. The van der Waals surface area contributed by atoms with Crippen molar-refractivity contribution in [3.8, 4) is 39.1 Å². The second-order valence-corrected chi connectivity index (χ2v) is 12.0. The molecule has 0 fully saturated rings. The molecule has 49 heavy (non-hydrogen) atoms. The Kier molecular flexibility index (Phi) is 8.02. The molecular formula is C44H30N4V. The summed E-state index contributed by atoms with van der Waals surface area (Å²) in [5, 5.41) is 0. The van der Waals surface area contributed by atoms with Crippen molar-refractivity contribution >= 4 is 46.4 Å². The van der Waals surface area contributed by atoms with Crippen molar-refractivity contribution in [1.29, 1.82) is 0 Å². The minimum absolute atomic E-state index is 0. The summed E-state index contributed by atoms with van der Waals surface area (Å²) in [4.78, 5) is 13.9. The van der Waals surface area contributed by atoms with Crippen LogP contribution in [0.15, 0.2) is 152 Å². The summed E-state index contributed by atoms with van der Waals surface area (Å²) < 4.78 is 2.41. The summed E-state index contributed by atoms with van der Waals surface area (Å²) in [5.74, 6) is 0. The molecule has 5 heteroatoms. The Hall–Kier alpha value is -5.94. The van der Waals surface area contributed by atoms with Gasteiger partial charge in [0, 0.05) is 52.0 Å². The van der Waals surface area contributed by atoms with Crippen LogP contribution in [-0.2, 0) is 18.6 Å². The number of aromatic nitrogens is 4. The van der Waals surface area contributed by atoms with Gasteiger partial charge in [0.15, 0.2) is 0 Å². The third kappa shape index (κ3) is 5.68. The monoisotopic (exact) mass is 665 g/mol. The number of nitrogens with one attached hydrogen (secondary N) is 1. The molecule has 0 saturated heterocycles. The SMILES string of the molecule is C1=Cc2cc3c(-c4ccccc4)c(-c4ccccc4)c(c(-c4ccccc4)c4nc(cc5ccc(cc1n2)[nH]5)C=C4)n3-c1ccccc1.[V]. The molecule has 2 aliphatic rings. The molecule has 0 spiro atoms. The number of fused-ring (bicyclic) bond motifs is 8. The summed E-state index contributed by atoms with van der Waals surface area (Å²) in [6, 6.07) is 53.3. The van der Waals surface area contributed by atoms with Crippen molar-refractivity contribution in [3.05, 3.63) is 174 Å². The van der Waals surface area contributed by atoms with Crippen molar-refractivity contribution in [1.82, 2.24) is 19.5 Å². The standard InChI is InChI=1S/C44H30N4.V/c1-5-13-30(14-6-1)41-39-26-25-36(47-39)28-35-22-21-33(45-35)27-34-23-24-37(46-34)29-40-42(31-15-7-2-8-16-31)43(32-17-9-3-10-18-32)44(41)48(40)38-19-11-4-12-20-38;/h1-29,45H;. The van der Waals surface area contributed by atoms with Crippen molar-refractivity contribution in [2.24, 2.45) is 0 Å². The number of nitrogens with zero attached hydrogens (tertiary/aromatic N) is 3. The predicted octanol–water partition coefficient (Wildman–Crippen LogP) is 11.1. The number of aromatic amines is 1. The fourth-order valence-electron chi connectivity index (χ4n) is 6.81. The van der Waals surface area contributed by atoms with E-state index in [9.17, 15) is 0 Å². The Labute approximate surface area is 296 Å². The Balaban J connectivity index is 0.00000348. The van der Waals surface area contributed by atoms with E-state index < -0.39 is 0 Å². The maximum atomic E-state index is 5.29. The van der Waals surface area contributed by atoms with Gasteiger partial charge in [-0.15, -0.1) is 0 Å². The first-order valence-corrected chi connectivity index (χ1v) is 16.2. The van der Waals surface area contributed by atoms with E-state index in [1.807, 2.05) is 0 Å². The van der Waals surface area contributed by atoms with E-state index >= 15 is 0 Å². The van der Waals surface area contributed by atoms with Gasteiger partial charge < -0.3 is 9.55 Å². The van der Waals surface area contributed by atoms with E-state index in [2.05, 4.69) is 186 Å². The molecule has 0 saturated carbocycles. The zero-order valence-electron chi connectivity index (χ0n) is 26.5. The first kappa shape index (κ1) is 30.4. The van der Waals surface area contributed by atoms with Crippen LogP contribution in [0, 0.1) is 0 Å². The Morgan fingerprint density at radius 3 is 1.49 bits per heavy atom. The maximum absolute atomic E-state index is 5.29. The summed E-state index contributed by atoms with van der Waals surface area (Å²) in [5.41, 5.74) is 15.4. The molecule has 231 valence electrons. The van der Waals surface area contributed by atoms with Crippen molar-refractivity contribution in [2.75, 3.05) is 0 Å². The quantitative estimate of drug-likeness (QED) is 0.203. The van der Waals surface area contributed by atoms with Crippen LogP contribution in [0.2, 0.25) is 0 Å². The normalized spacial score (nSPS) is 11.8. The minimum Gasteiger partial charge on any atom is -0.355 e. The van der Waals surface area contributed by atoms with Crippen molar-refractivity contribution in [3.63, 3.8) is 0 Å². The smallest absolute Gasteiger partial charge is 0.0737 e. The largest absolute Gasteiger partial charge is 0.355 e. The van der Waals surface area contributed by atoms with Crippen LogP contribution in [0.1, 0.15) is 22.8 Å². The summed E-state index contributed by atoms with van der Waals surface area (Å²) in [6.07, 6.45) is 8.44. The van der Waals surface area contributed by atoms with Crippen LogP contribution in [0.25, 0.3) is 85.4 Å². The van der Waals surface area contributed by atoms with Crippen LogP contribution < -0.4 is 0 Å². The summed E-state index contributed by atoms with van der Waals surface area (Å²) >= 11 is 0. The zero-order valence-corrected chi connectivity index (χ0v) is 27.9. The van der Waals surface area contributed by atoms with Crippen LogP contribution in [-0.4, -0.2) is 19.5 Å². The molecule has 2 aliphatic heterocycles. The van der Waals surface area contributed by atoms with E-state index in [-0.39, 0.29) is 18.6 Å². The third-order valence-corrected chi connectivity index (χ3v) is 8.87. The van der Waals surface area contributed by atoms with Gasteiger partial charge in [0.25, 0.3) is 0 Å². The Bertz CT molecular complexity index is 2530. The molecule has 1 N–H and O–H groups in total. The molecule has 0 atom stereocenters. The van der Waals surface area contributed by atoms with Gasteiger partial charge in [-0.3, -0.25) is 0 Å². The van der Waals surface area contributed by atoms with Gasteiger partial charge >= 0.3 is 0 Å². The van der Waals surface area contributed by atoms with Crippen LogP contribution in [0.5, 0.6) is 0 Å². The number of hydrogen-bond donors (Lipinski definition) is 1. The van der Waals surface area contributed by atoms with Crippen LogP contribution >= 0.6 is 0 Å². The van der Waals surface area contributed by atoms with Gasteiger partial charge in [0.1, 0.15) is 0 Å². The van der Waals surface area contributed by atoms with E-state index in [1.54, 1.807) is 0 Å². The molecule has 5 heterocycles. The summed E-state index contributed by atoms with van der Waals surface area (Å²) in [6.45, 7) is 0. The summed E-state index contributed by atoms with van der Waals surface area (Å²) in [7, 11) is 0. The molecule has 0 amide bonds. The second kappa shape index (κ2) is 12.9. The topological polar surface area (TPSA) is 46.5 Å². The number of rotatable bonds is 4. The fraction of sp³-hybridized carbons (Fsp3) is 0. The molecule has 4 nitrogen and oxygen atoms in total. The average Bonchev–Trinajstić information content (AvgIpc) is 3.95. The first-order chi connectivity index (χ1) is 23.8. The molecule has 4 aromatic carbocycles. The average molecular weight is 666 g/mol. The maximum Gasteiger partial charge on any atom is 0.0737 e. The molecule has 1 radical (unpaired) electrons. The van der Waals surface area contributed by atoms with Crippen LogP contribution in [0.3, 0.4) is 0 Å². The first-order valence-electron chi connectivity index (χ1n) is 16.2. The molecular weight excluding hydrogens is 635 g/mol. The van der Waals surface area contributed by atoms with E-state index in [4.69, 9.17) is 9.97 Å². The number of para-hydroxylation sites is 1. The number of benzene rings is 4.